The van der Waals surface area contributed by atoms with Gasteiger partial charge in [0.25, 0.3) is 5.91 Å². The van der Waals surface area contributed by atoms with Crippen molar-refractivity contribution in [3.8, 4) is 5.75 Å². The molecule has 2 aromatic rings. The highest BCUT2D eigenvalue weighted by Crippen LogP contribution is 2.18. The predicted molar refractivity (Wildman–Crippen MR) is 99.0 cm³/mol. The van der Waals surface area contributed by atoms with Crippen molar-refractivity contribution in [1.29, 1.82) is 0 Å². The number of benzene rings is 2. The Morgan fingerprint density at radius 2 is 2.00 bits per heavy atom. The van der Waals surface area contributed by atoms with Gasteiger partial charge in [-0.05, 0) is 69.0 Å². The number of rotatable bonds is 7. The van der Waals surface area contributed by atoms with Crippen molar-refractivity contribution in [3.05, 3.63) is 64.2 Å². The van der Waals surface area contributed by atoms with Crippen LogP contribution in [0.15, 0.2) is 42.5 Å². The molecule has 0 atom stereocenters. The quantitative estimate of drug-likeness (QED) is 0.732. The Hall–Kier alpha value is -2.00. The molecule has 0 aliphatic rings. The van der Waals surface area contributed by atoms with Crippen molar-refractivity contribution in [3.63, 3.8) is 0 Å². The van der Waals surface area contributed by atoms with E-state index in [1.165, 1.54) is 5.56 Å². The molecule has 1 N–H and O–H groups in total. The topological polar surface area (TPSA) is 38.3 Å². The van der Waals surface area contributed by atoms with Gasteiger partial charge in [-0.25, -0.2) is 0 Å². The molecule has 2 rings (SSSR count). The van der Waals surface area contributed by atoms with E-state index in [2.05, 4.69) is 17.4 Å². The van der Waals surface area contributed by atoms with Gasteiger partial charge in [0.05, 0.1) is 16.7 Å². The molecular formula is C20H24ClNO2. The lowest BCUT2D eigenvalue weighted by Crippen LogP contribution is -2.25. The Labute approximate surface area is 149 Å². The normalized spacial score (nSPS) is 10.7. The standard InChI is InChI=1S/C20H24ClNO2/c1-14(2)24-17-8-4-6-16(13-17)7-5-11-22-20(23)18-10-9-15(3)12-19(18)21/h4,6,8-10,12-14H,5,7,11H2,1-3H3,(H,22,23). The van der Waals surface area contributed by atoms with Crippen LogP contribution in [0, 0.1) is 6.92 Å². The highest BCUT2D eigenvalue weighted by atomic mass is 35.5. The molecule has 0 aliphatic heterocycles. The summed E-state index contributed by atoms with van der Waals surface area (Å²) in [6.45, 7) is 6.58. The molecule has 0 heterocycles. The minimum atomic E-state index is -0.128. The lowest BCUT2D eigenvalue weighted by molar-refractivity contribution is 0.0953. The Kier molecular flexibility index (Phi) is 6.68. The highest BCUT2D eigenvalue weighted by Gasteiger charge is 2.09. The van der Waals surface area contributed by atoms with Gasteiger partial charge in [0.2, 0.25) is 0 Å². The van der Waals surface area contributed by atoms with Gasteiger partial charge in [0.15, 0.2) is 0 Å². The van der Waals surface area contributed by atoms with Crippen LogP contribution in [0.1, 0.15) is 41.8 Å². The summed E-state index contributed by atoms with van der Waals surface area (Å²) < 4.78 is 5.70. The lowest BCUT2D eigenvalue weighted by atomic mass is 10.1. The monoisotopic (exact) mass is 345 g/mol. The molecule has 0 spiro atoms. The number of carbonyl (C=O) groups is 1. The first-order valence-corrected chi connectivity index (χ1v) is 8.63. The van der Waals surface area contributed by atoms with Crippen LogP contribution in [0.4, 0.5) is 0 Å². The van der Waals surface area contributed by atoms with Crippen molar-refractivity contribution < 1.29 is 9.53 Å². The first kappa shape index (κ1) is 18.3. The second-order valence-electron chi connectivity index (χ2n) is 6.16. The summed E-state index contributed by atoms with van der Waals surface area (Å²) in [5, 5.41) is 3.41. The lowest BCUT2D eigenvalue weighted by Gasteiger charge is -2.11. The summed E-state index contributed by atoms with van der Waals surface area (Å²) in [6, 6.07) is 13.5. The Balaban J connectivity index is 1.81. The van der Waals surface area contributed by atoms with Crippen molar-refractivity contribution in [2.45, 2.75) is 39.7 Å². The van der Waals surface area contributed by atoms with Gasteiger partial charge in [-0.1, -0.05) is 29.8 Å². The third kappa shape index (κ3) is 5.57. The van der Waals surface area contributed by atoms with E-state index < -0.39 is 0 Å². The van der Waals surface area contributed by atoms with E-state index in [1.807, 2.05) is 39.0 Å². The molecule has 2 aromatic carbocycles. The molecule has 128 valence electrons. The van der Waals surface area contributed by atoms with Crippen LogP contribution in [0.5, 0.6) is 5.75 Å². The summed E-state index contributed by atoms with van der Waals surface area (Å²) >= 11 is 6.12. The smallest absolute Gasteiger partial charge is 0.252 e. The first-order valence-electron chi connectivity index (χ1n) is 8.25. The van der Waals surface area contributed by atoms with Gasteiger partial charge in [0, 0.05) is 6.54 Å². The molecule has 0 saturated heterocycles. The largest absolute Gasteiger partial charge is 0.491 e. The number of hydrogen-bond donors (Lipinski definition) is 1. The number of halogens is 1. The van der Waals surface area contributed by atoms with E-state index in [0.29, 0.717) is 17.1 Å². The fourth-order valence-electron chi connectivity index (χ4n) is 2.44. The maximum atomic E-state index is 12.1. The van der Waals surface area contributed by atoms with E-state index in [-0.39, 0.29) is 12.0 Å². The molecule has 0 radical (unpaired) electrons. The molecule has 24 heavy (non-hydrogen) atoms. The first-order chi connectivity index (χ1) is 11.5. The average molecular weight is 346 g/mol. The van der Waals surface area contributed by atoms with Crippen LogP contribution in [0.2, 0.25) is 5.02 Å². The van der Waals surface area contributed by atoms with E-state index in [1.54, 1.807) is 12.1 Å². The summed E-state index contributed by atoms with van der Waals surface area (Å²) in [5.74, 6) is 0.759. The zero-order chi connectivity index (χ0) is 17.5. The van der Waals surface area contributed by atoms with Crippen molar-refractivity contribution in [2.24, 2.45) is 0 Å². The van der Waals surface area contributed by atoms with Crippen molar-refractivity contribution in [2.75, 3.05) is 6.54 Å². The highest BCUT2D eigenvalue weighted by molar-refractivity contribution is 6.33. The van der Waals surface area contributed by atoms with E-state index >= 15 is 0 Å². The summed E-state index contributed by atoms with van der Waals surface area (Å²) in [4.78, 5) is 12.1. The Morgan fingerprint density at radius 3 is 2.71 bits per heavy atom. The van der Waals surface area contributed by atoms with E-state index in [0.717, 1.165) is 24.2 Å². The molecule has 0 unspecified atom stereocenters. The number of hydrogen-bond acceptors (Lipinski definition) is 2. The number of amides is 1. The number of aryl methyl sites for hydroxylation is 2. The molecule has 0 fully saturated rings. The van der Waals surface area contributed by atoms with Gasteiger partial charge in [-0.2, -0.15) is 0 Å². The Morgan fingerprint density at radius 1 is 1.21 bits per heavy atom. The third-order valence-electron chi connectivity index (χ3n) is 3.57. The second kappa shape index (κ2) is 8.74. The van der Waals surface area contributed by atoms with Crippen molar-refractivity contribution in [1.82, 2.24) is 5.32 Å². The van der Waals surface area contributed by atoms with Gasteiger partial charge >= 0.3 is 0 Å². The average Bonchev–Trinajstić information content (AvgIpc) is 2.51. The zero-order valence-electron chi connectivity index (χ0n) is 14.4. The van der Waals surface area contributed by atoms with Crippen LogP contribution in [0.25, 0.3) is 0 Å². The number of nitrogens with one attached hydrogen (secondary N) is 1. The van der Waals surface area contributed by atoms with Crippen LogP contribution in [0.3, 0.4) is 0 Å². The zero-order valence-corrected chi connectivity index (χ0v) is 15.2. The third-order valence-corrected chi connectivity index (χ3v) is 3.88. The molecule has 1 amide bonds. The van der Waals surface area contributed by atoms with Crippen LogP contribution in [-0.2, 0) is 6.42 Å². The second-order valence-corrected chi connectivity index (χ2v) is 6.56. The van der Waals surface area contributed by atoms with Crippen LogP contribution < -0.4 is 10.1 Å². The fraction of sp³-hybridized carbons (Fsp3) is 0.350. The minimum Gasteiger partial charge on any atom is -0.491 e. The van der Waals surface area contributed by atoms with Crippen LogP contribution >= 0.6 is 11.6 Å². The molecule has 0 bridgehead atoms. The SMILES string of the molecule is Cc1ccc(C(=O)NCCCc2cccc(OC(C)C)c2)c(Cl)c1. The molecule has 0 aromatic heterocycles. The molecule has 3 nitrogen and oxygen atoms in total. The fourth-order valence-corrected chi connectivity index (χ4v) is 2.76. The van der Waals surface area contributed by atoms with E-state index in [4.69, 9.17) is 16.3 Å². The maximum absolute atomic E-state index is 12.1. The van der Waals surface area contributed by atoms with Crippen molar-refractivity contribution >= 4 is 17.5 Å². The molecule has 0 saturated carbocycles. The van der Waals surface area contributed by atoms with Crippen LogP contribution in [-0.4, -0.2) is 18.6 Å². The molecule has 4 heteroatoms. The summed E-state index contributed by atoms with van der Waals surface area (Å²) in [6.07, 6.45) is 1.91. The number of ether oxygens (including phenoxy) is 1. The van der Waals surface area contributed by atoms with Gasteiger partial charge in [-0.15, -0.1) is 0 Å². The summed E-state index contributed by atoms with van der Waals surface area (Å²) in [7, 11) is 0. The predicted octanol–water partition coefficient (Wildman–Crippen LogP) is 4.80. The number of carbonyl (C=O) groups excluding carboxylic acids is 1. The summed E-state index contributed by atoms with van der Waals surface area (Å²) in [5.41, 5.74) is 2.77. The van der Waals surface area contributed by atoms with Gasteiger partial charge in [-0.3, -0.25) is 4.79 Å². The van der Waals surface area contributed by atoms with Gasteiger partial charge < -0.3 is 10.1 Å². The van der Waals surface area contributed by atoms with E-state index in [9.17, 15) is 4.79 Å². The molecule has 0 aliphatic carbocycles. The molecular weight excluding hydrogens is 322 g/mol. The van der Waals surface area contributed by atoms with Gasteiger partial charge in [0.1, 0.15) is 5.75 Å². The Bertz CT molecular complexity index is 698. The minimum absolute atomic E-state index is 0.128. The maximum Gasteiger partial charge on any atom is 0.252 e.